The molecule has 2 aliphatic rings. The number of hydrogen-bond donors (Lipinski definition) is 1. The number of rotatable bonds is 6. The molecule has 1 aliphatic carbocycles. The third-order valence-corrected chi connectivity index (χ3v) is 7.68. The third-order valence-electron chi connectivity index (χ3n) is 7.68. The number of amides is 1. The maximum atomic E-state index is 12.6. The molecule has 6 rings (SSSR count). The zero-order valence-electron chi connectivity index (χ0n) is 21.2. The van der Waals surface area contributed by atoms with Crippen LogP contribution >= 0.6 is 0 Å². The molecule has 3 aromatic heterocycles. The van der Waals surface area contributed by atoms with E-state index in [0.717, 1.165) is 52.1 Å². The van der Waals surface area contributed by atoms with Crippen molar-refractivity contribution in [2.75, 3.05) is 34.3 Å². The van der Waals surface area contributed by atoms with Gasteiger partial charge in [0.15, 0.2) is 0 Å². The summed E-state index contributed by atoms with van der Waals surface area (Å²) < 4.78 is 7.68. The average molecular weight is 486 g/mol. The van der Waals surface area contributed by atoms with Gasteiger partial charge in [-0.15, -0.1) is 0 Å². The fraction of sp³-hybridized carbons (Fsp3) is 0.407. The number of likely N-dealkylation sites (tertiary alicyclic amines) is 1. The number of methoxy groups -OCH3 is 1. The molecule has 1 unspecified atom stereocenters. The number of benzene rings is 1. The van der Waals surface area contributed by atoms with Gasteiger partial charge in [-0.05, 0) is 51.4 Å². The Hall–Kier alpha value is -3.72. The van der Waals surface area contributed by atoms with Crippen molar-refractivity contribution in [1.82, 2.24) is 34.8 Å². The summed E-state index contributed by atoms with van der Waals surface area (Å²) in [6.45, 7) is 3.26. The average Bonchev–Trinajstić information content (AvgIpc) is 3.60. The van der Waals surface area contributed by atoms with Gasteiger partial charge in [-0.3, -0.25) is 19.5 Å². The second-order valence-corrected chi connectivity index (χ2v) is 10.1. The van der Waals surface area contributed by atoms with E-state index in [2.05, 4.69) is 33.5 Å². The van der Waals surface area contributed by atoms with Gasteiger partial charge >= 0.3 is 0 Å². The predicted molar refractivity (Wildman–Crippen MR) is 138 cm³/mol. The SMILES string of the molecule is COc1cc2[nH]nc(-c3cnn(C4CN(C(=O)C(C)N(C)C)C4)c3)c2nc1-c1cccc2c1CCC2. The number of hydrogen-bond acceptors (Lipinski definition) is 6. The number of carbonyl (C=O) groups is 1. The minimum Gasteiger partial charge on any atom is -0.494 e. The summed E-state index contributed by atoms with van der Waals surface area (Å²) in [4.78, 5) is 21.5. The number of nitrogens with one attached hydrogen (secondary N) is 1. The highest BCUT2D eigenvalue weighted by Crippen LogP contribution is 2.39. The second kappa shape index (κ2) is 8.74. The van der Waals surface area contributed by atoms with Gasteiger partial charge in [0.2, 0.25) is 5.91 Å². The lowest BCUT2D eigenvalue weighted by atomic mass is 9.99. The monoisotopic (exact) mass is 485 g/mol. The van der Waals surface area contributed by atoms with E-state index >= 15 is 0 Å². The molecular formula is C27H31N7O2. The first-order chi connectivity index (χ1) is 17.4. The molecule has 36 heavy (non-hydrogen) atoms. The first-order valence-corrected chi connectivity index (χ1v) is 12.5. The highest BCUT2D eigenvalue weighted by atomic mass is 16.5. The summed E-state index contributed by atoms with van der Waals surface area (Å²) in [6, 6.07) is 8.48. The standard InChI is InChI=1S/C27H31N7O2/c1-16(32(2)3)27(35)33-14-19(15-33)34-13-18(12-28-34)24-26-22(30-31-24)11-23(36-4)25(29-26)21-10-6-8-17-7-5-9-20(17)21/h6,8,10-13,16,19H,5,7,9,14-15H2,1-4H3,(H,30,31). The van der Waals surface area contributed by atoms with Crippen molar-refractivity contribution in [3.05, 3.63) is 47.8 Å². The van der Waals surface area contributed by atoms with Crippen LogP contribution in [0.1, 0.15) is 30.5 Å². The van der Waals surface area contributed by atoms with E-state index in [-0.39, 0.29) is 18.0 Å². The van der Waals surface area contributed by atoms with Gasteiger partial charge in [-0.25, -0.2) is 4.98 Å². The lowest BCUT2D eigenvalue weighted by molar-refractivity contribution is -0.141. The lowest BCUT2D eigenvalue weighted by Crippen LogP contribution is -2.55. The Morgan fingerprint density at radius 2 is 2.06 bits per heavy atom. The van der Waals surface area contributed by atoms with Gasteiger partial charge in [0.1, 0.15) is 22.7 Å². The minimum atomic E-state index is -0.127. The van der Waals surface area contributed by atoms with Crippen molar-refractivity contribution >= 4 is 16.9 Å². The second-order valence-electron chi connectivity index (χ2n) is 10.1. The van der Waals surface area contributed by atoms with E-state index in [1.165, 1.54) is 17.5 Å². The summed E-state index contributed by atoms with van der Waals surface area (Å²) in [5, 5.41) is 12.3. The van der Waals surface area contributed by atoms with Crippen molar-refractivity contribution in [3.63, 3.8) is 0 Å². The molecule has 1 amide bonds. The molecule has 1 aliphatic heterocycles. The van der Waals surface area contributed by atoms with Crippen LogP contribution in [-0.2, 0) is 17.6 Å². The first kappa shape index (κ1) is 22.7. The van der Waals surface area contributed by atoms with Gasteiger partial charge in [0.25, 0.3) is 0 Å². The Kier molecular flexibility index (Phi) is 5.52. The van der Waals surface area contributed by atoms with E-state index in [9.17, 15) is 4.79 Å². The maximum absolute atomic E-state index is 12.6. The molecule has 1 fully saturated rings. The van der Waals surface area contributed by atoms with Crippen molar-refractivity contribution in [1.29, 1.82) is 0 Å². The number of carbonyl (C=O) groups excluding carboxylic acids is 1. The van der Waals surface area contributed by atoms with E-state index in [1.54, 1.807) is 7.11 Å². The molecule has 4 heterocycles. The molecule has 4 aromatic rings. The predicted octanol–water partition coefficient (Wildman–Crippen LogP) is 3.32. The number of likely N-dealkylation sites (N-methyl/N-ethyl adjacent to an activating group) is 1. The Labute approximate surface area is 210 Å². The molecule has 0 spiro atoms. The molecule has 186 valence electrons. The molecule has 1 saturated heterocycles. The van der Waals surface area contributed by atoms with Gasteiger partial charge < -0.3 is 9.64 Å². The summed E-state index contributed by atoms with van der Waals surface area (Å²) in [5.74, 6) is 0.889. The smallest absolute Gasteiger partial charge is 0.239 e. The minimum absolute atomic E-state index is 0.127. The first-order valence-electron chi connectivity index (χ1n) is 12.5. The molecule has 9 nitrogen and oxygen atoms in total. The van der Waals surface area contributed by atoms with E-state index in [4.69, 9.17) is 9.72 Å². The molecule has 0 saturated carbocycles. The quantitative estimate of drug-likeness (QED) is 0.451. The van der Waals surface area contributed by atoms with E-state index < -0.39 is 0 Å². The number of pyridine rings is 1. The molecule has 1 aromatic carbocycles. The fourth-order valence-corrected chi connectivity index (χ4v) is 5.27. The van der Waals surface area contributed by atoms with Crippen LogP contribution in [0.2, 0.25) is 0 Å². The van der Waals surface area contributed by atoms with Crippen LogP contribution in [0.3, 0.4) is 0 Å². The summed E-state index contributed by atoms with van der Waals surface area (Å²) in [5.41, 5.74) is 8.04. The Balaban J connectivity index is 1.30. The van der Waals surface area contributed by atoms with Crippen LogP contribution in [0, 0.1) is 0 Å². The van der Waals surface area contributed by atoms with Crippen molar-refractivity contribution in [2.24, 2.45) is 0 Å². The molecular weight excluding hydrogens is 454 g/mol. The number of aryl methyl sites for hydroxylation is 1. The number of aromatic nitrogens is 5. The Morgan fingerprint density at radius 3 is 2.83 bits per heavy atom. The molecule has 1 N–H and O–H groups in total. The van der Waals surface area contributed by atoms with E-state index in [1.807, 2.05) is 54.0 Å². The number of ether oxygens (including phenoxy) is 1. The van der Waals surface area contributed by atoms with Gasteiger partial charge in [-0.1, -0.05) is 18.2 Å². The highest BCUT2D eigenvalue weighted by Gasteiger charge is 2.35. The Bertz CT molecular complexity index is 1450. The van der Waals surface area contributed by atoms with Crippen LogP contribution in [-0.4, -0.2) is 81.0 Å². The Morgan fingerprint density at radius 1 is 1.22 bits per heavy atom. The maximum Gasteiger partial charge on any atom is 0.239 e. The molecule has 1 atom stereocenters. The van der Waals surface area contributed by atoms with E-state index in [0.29, 0.717) is 13.1 Å². The van der Waals surface area contributed by atoms with Crippen LogP contribution in [0.25, 0.3) is 33.5 Å². The van der Waals surface area contributed by atoms with Crippen molar-refractivity contribution < 1.29 is 9.53 Å². The van der Waals surface area contributed by atoms with Crippen molar-refractivity contribution in [2.45, 2.75) is 38.3 Å². The van der Waals surface area contributed by atoms with Gasteiger partial charge in [0, 0.05) is 36.5 Å². The van der Waals surface area contributed by atoms with Crippen molar-refractivity contribution in [3.8, 4) is 28.3 Å². The summed E-state index contributed by atoms with van der Waals surface area (Å²) in [7, 11) is 5.53. The van der Waals surface area contributed by atoms with Crippen LogP contribution in [0.4, 0.5) is 0 Å². The fourth-order valence-electron chi connectivity index (χ4n) is 5.27. The van der Waals surface area contributed by atoms with Crippen LogP contribution in [0.15, 0.2) is 36.7 Å². The zero-order valence-corrected chi connectivity index (χ0v) is 21.2. The molecule has 0 radical (unpaired) electrons. The lowest BCUT2D eigenvalue weighted by Gasteiger charge is -2.41. The largest absolute Gasteiger partial charge is 0.494 e. The topological polar surface area (TPSA) is 92.2 Å². The van der Waals surface area contributed by atoms with Gasteiger partial charge in [0.05, 0.1) is 30.9 Å². The molecule has 0 bridgehead atoms. The third kappa shape index (κ3) is 3.65. The summed E-state index contributed by atoms with van der Waals surface area (Å²) in [6.07, 6.45) is 7.18. The normalized spacial score (nSPS) is 16.4. The molecule has 9 heteroatoms. The van der Waals surface area contributed by atoms with Crippen LogP contribution in [0.5, 0.6) is 5.75 Å². The number of nitrogens with zero attached hydrogens (tertiary/aromatic N) is 6. The van der Waals surface area contributed by atoms with Crippen LogP contribution < -0.4 is 4.74 Å². The summed E-state index contributed by atoms with van der Waals surface area (Å²) >= 11 is 0. The number of fused-ring (bicyclic) bond motifs is 2. The van der Waals surface area contributed by atoms with Gasteiger partial charge in [-0.2, -0.15) is 10.2 Å². The zero-order chi connectivity index (χ0) is 25.0. The number of H-pyrrole nitrogens is 1. The highest BCUT2D eigenvalue weighted by molar-refractivity contribution is 5.93. The number of aromatic amines is 1.